The lowest BCUT2D eigenvalue weighted by Gasteiger charge is -2.28. The van der Waals surface area contributed by atoms with E-state index in [-0.39, 0.29) is 6.10 Å². The molecule has 2 aromatic rings. The van der Waals surface area contributed by atoms with Crippen LogP contribution in [0.3, 0.4) is 0 Å². The number of nitrogens with zero attached hydrogens (tertiary/aromatic N) is 3. The van der Waals surface area contributed by atoms with Crippen molar-refractivity contribution in [3.05, 3.63) is 11.1 Å². The Morgan fingerprint density at radius 2 is 2.37 bits per heavy atom. The number of hydrogen-bond donors (Lipinski definition) is 1. The van der Waals surface area contributed by atoms with Gasteiger partial charge in [-0.1, -0.05) is 0 Å². The number of imidazole rings is 1. The maximum Gasteiger partial charge on any atom is 0.242 e. The van der Waals surface area contributed by atoms with Gasteiger partial charge in [0.05, 0.1) is 13.2 Å². The predicted octanol–water partition coefficient (Wildman–Crippen LogP) is 2.24. The topological polar surface area (TPSA) is 65.0 Å². The standard InChI is InChI=1S/C12H16N4O2S/c1-7-5-8(3-4-18-7)16-10-9(15-12(16)19)11(17-2)14-6-13-10/h6-8H,3-5H2,1-2H3,(H,15,19). The molecule has 0 spiro atoms. The van der Waals surface area contributed by atoms with Crippen molar-refractivity contribution in [1.82, 2.24) is 19.5 Å². The first kappa shape index (κ1) is 12.6. The molecule has 0 radical (unpaired) electrons. The van der Waals surface area contributed by atoms with Gasteiger partial charge in [0.2, 0.25) is 5.88 Å². The van der Waals surface area contributed by atoms with E-state index in [1.165, 1.54) is 6.33 Å². The molecule has 2 aromatic heterocycles. The van der Waals surface area contributed by atoms with Crippen LogP contribution in [-0.4, -0.2) is 39.3 Å². The monoisotopic (exact) mass is 280 g/mol. The third kappa shape index (κ3) is 2.12. The molecule has 0 amide bonds. The van der Waals surface area contributed by atoms with Gasteiger partial charge in [-0.2, -0.15) is 4.98 Å². The first-order valence-electron chi connectivity index (χ1n) is 6.31. The number of aromatic amines is 1. The molecular formula is C12H16N4O2S. The molecule has 1 aliphatic rings. The summed E-state index contributed by atoms with van der Waals surface area (Å²) in [4.78, 5) is 11.6. The van der Waals surface area contributed by atoms with Gasteiger partial charge in [0.25, 0.3) is 0 Å². The normalized spacial score (nSPS) is 23.7. The van der Waals surface area contributed by atoms with E-state index in [0.29, 0.717) is 16.7 Å². The zero-order valence-electron chi connectivity index (χ0n) is 10.9. The summed E-state index contributed by atoms with van der Waals surface area (Å²) in [5.41, 5.74) is 1.56. The van der Waals surface area contributed by atoms with Crippen molar-refractivity contribution in [2.75, 3.05) is 13.7 Å². The van der Waals surface area contributed by atoms with Gasteiger partial charge >= 0.3 is 0 Å². The molecule has 6 nitrogen and oxygen atoms in total. The Morgan fingerprint density at radius 3 is 3.11 bits per heavy atom. The van der Waals surface area contributed by atoms with Crippen LogP contribution < -0.4 is 4.74 Å². The largest absolute Gasteiger partial charge is 0.479 e. The lowest BCUT2D eigenvalue weighted by atomic mass is 10.0. The summed E-state index contributed by atoms with van der Waals surface area (Å²) >= 11 is 5.42. The molecule has 1 N–H and O–H groups in total. The summed E-state index contributed by atoms with van der Waals surface area (Å²) in [7, 11) is 1.59. The van der Waals surface area contributed by atoms with Crippen molar-refractivity contribution in [3.63, 3.8) is 0 Å². The lowest BCUT2D eigenvalue weighted by molar-refractivity contribution is 0.00638. The van der Waals surface area contributed by atoms with Gasteiger partial charge in [-0.15, -0.1) is 0 Å². The van der Waals surface area contributed by atoms with Gasteiger partial charge in [0.1, 0.15) is 11.8 Å². The minimum absolute atomic E-state index is 0.245. The predicted molar refractivity (Wildman–Crippen MR) is 72.9 cm³/mol. The Hall–Kier alpha value is -1.47. The van der Waals surface area contributed by atoms with E-state index in [1.54, 1.807) is 7.11 Å². The highest BCUT2D eigenvalue weighted by atomic mass is 32.1. The third-order valence-corrected chi connectivity index (χ3v) is 3.79. The second-order valence-electron chi connectivity index (χ2n) is 4.74. The Balaban J connectivity index is 2.13. The molecule has 0 aliphatic carbocycles. The van der Waals surface area contributed by atoms with Crippen LogP contribution in [0.5, 0.6) is 5.88 Å². The quantitative estimate of drug-likeness (QED) is 0.855. The maximum atomic E-state index is 5.59. The highest BCUT2D eigenvalue weighted by Gasteiger charge is 2.24. The van der Waals surface area contributed by atoms with E-state index in [4.69, 9.17) is 21.7 Å². The molecule has 3 rings (SSSR count). The Morgan fingerprint density at radius 1 is 1.53 bits per heavy atom. The second kappa shape index (κ2) is 4.90. The van der Waals surface area contributed by atoms with E-state index in [0.717, 1.165) is 30.6 Å². The molecule has 0 saturated carbocycles. The van der Waals surface area contributed by atoms with Gasteiger partial charge in [-0.3, -0.25) is 4.57 Å². The first-order chi connectivity index (χ1) is 9.20. The fraction of sp³-hybridized carbons (Fsp3) is 0.583. The molecule has 0 bridgehead atoms. The molecule has 3 heterocycles. The summed E-state index contributed by atoms with van der Waals surface area (Å²) in [5, 5.41) is 0. The molecule has 2 atom stereocenters. The van der Waals surface area contributed by atoms with Gasteiger partial charge in [0.15, 0.2) is 10.4 Å². The Labute approximate surface area is 115 Å². The third-order valence-electron chi connectivity index (χ3n) is 3.49. The first-order valence-corrected chi connectivity index (χ1v) is 6.72. The van der Waals surface area contributed by atoms with Crippen molar-refractivity contribution < 1.29 is 9.47 Å². The number of nitrogens with one attached hydrogen (secondary N) is 1. The number of ether oxygens (including phenoxy) is 2. The summed E-state index contributed by atoms with van der Waals surface area (Å²) in [6.45, 7) is 2.84. The number of H-pyrrole nitrogens is 1. The van der Waals surface area contributed by atoms with Crippen LogP contribution in [-0.2, 0) is 4.74 Å². The molecule has 2 unspecified atom stereocenters. The van der Waals surface area contributed by atoms with Crippen molar-refractivity contribution in [2.45, 2.75) is 31.9 Å². The fourth-order valence-electron chi connectivity index (χ4n) is 2.62. The lowest BCUT2D eigenvalue weighted by Crippen LogP contribution is -2.25. The second-order valence-corrected chi connectivity index (χ2v) is 5.13. The maximum absolute atomic E-state index is 5.59. The van der Waals surface area contributed by atoms with Crippen LogP contribution in [0.1, 0.15) is 25.8 Å². The average Bonchev–Trinajstić information content (AvgIpc) is 2.74. The van der Waals surface area contributed by atoms with Gasteiger partial charge in [-0.25, -0.2) is 4.98 Å². The van der Waals surface area contributed by atoms with E-state index in [1.807, 2.05) is 0 Å². The molecule has 1 saturated heterocycles. The van der Waals surface area contributed by atoms with Gasteiger partial charge < -0.3 is 14.5 Å². The molecule has 0 aromatic carbocycles. The van der Waals surface area contributed by atoms with E-state index >= 15 is 0 Å². The van der Waals surface area contributed by atoms with E-state index < -0.39 is 0 Å². The van der Waals surface area contributed by atoms with Crippen molar-refractivity contribution in [2.24, 2.45) is 0 Å². The molecule has 1 fully saturated rings. The average molecular weight is 280 g/mol. The summed E-state index contributed by atoms with van der Waals surface area (Å²) in [6, 6.07) is 0.310. The molecule has 19 heavy (non-hydrogen) atoms. The molecule has 1 aliphatic heterocycles. The summed E-state index contributed by atoms with van der Waals surface area (Å²) < 4.78 is 13.5. The highest BCUT2D eigenvalue weighted by Crippen LogP contribution is 2.30. The fourth-order valence-corrected chi connectivity index (χ4v) is 2.96. The van der Waals surface area contributed by atoms with Crippen LogP contribution in [0.25, 0.3) is 11.2 Å². The Bertz CT molecular complexity index is 651. The van der Waals surface area contributed by atoms with Gasteiger partial charge in [0, 0.05) is 12.6 Å². The molecular weight excluding hydrogens is 264 g/mol. The molecule has 102 valence electrons. The molecule has 7 heteroatoms. The summed E-state index contributed by atoms with van der Waals surface area (Å²) in [6.07, 6.45) is 3.63. The Kier molecular flexibility index (Phi) is 3.24. The highest BCUT2D eigenvalue weighted by molar-refractivity contribution is 7.71. The van der Waals surface area contributed by atoms with Crippen LogP contribution in [0, 0.1) is 4.77 Å². The van der Waals surface area contributed by atoms with Crippen molar-refractivity contribution >= 4 is 23.4 Å². The summed E-state index contributed by atoms with van der Waals surface area (Å²) in [5.74, 6) is 0.523. The minimum atomic E-state index is 0.245. The number of methoxy groups -OCH3 is 1. The van der Waals surface area contributed by atoms with Crippen LogP contribution in [0.15, 0.2) is 6.33 Å². The van der Waals surface area contributed by atoms with Crippen LogP contribution in [0.2, 0.25) is 0 Å². The smallest absolute Gasteiger partial charge is 0.242 e. The van der Waals surface area contributed by atoms with Crippen molar-refractivity contribution in [3.8, 4) is 5.88 Å². The number of rotatable bonds is 2. The van der Waals surface area contributed by atoms with Crippen LogP contribution >= 0.6 is 12.2 Å². The van der Waals surface area contributed by atoms with Crippen molar-refractivity contribution in [1.29, 1.82) is 0 Å². The minimum Gasteiger partial charge on any atom is -0.479 e. The number of hydrogen-bond acceptors (Lipinski definition) is 5. The zero-order valence-corrected chi connectivity index (χ0v) is 11.7. The van der Waals surface area contributed by atoms with Gasteiger partial charge in [-0.05, 0) is 32.0 Å². The SMILES string of the molecule is COc1ncnc2c1[nH]c(=S)n2C1CCOC(C)C1. The van der Waals surface area contributed by atoms with E-state index in [9.17, 15) is 0 Å². The number of aromatic nitrogens is 4. The van der Waals surface area contributed by atoms with Crippen LogP contribution in [0.4, 0.5) is 0 Å². The zero-order chi connectivity index (χ0) is 13.4. The number of fused-ring (bicyclic) bond motifs is 1. The van der Waals surface area contributed by atoms with E-state index in [2.05, 4.69) is 26.4 Å².